The fourth-order valence-electron chi connectivity index (χ4n) is 4.03. The fraction of sp³-hybridized carbons (Fsp3) is 0.391. The number of rotatable bonds is 6. The number of hydrogen-bond acceptors (Lipinski definition) is 4. The topological polar surface area (TPSA) is 58.4 Å². The number of hydrogen-bond donors (Lipinski definition) is 1. The zero-order valence-electron chi connectivity index (χ0n) is 16.4. The molecule has 0 saturated carbocycles. The highest BCUT2D eigenvalue weighted by molar-refractivity contribution is 5.91. The van der Waals surface area contributed by atoms with Crippen LogP contribution in [0.4, 0.5) is 0 Å². The lowest BCUT2D eigenvalue weighted by atomic mass is 9.94. The Morgan fingerprint density at radius 3 is 3.00 bits per heavy atom. The number of carbonyl (C=O) groups excluding carboxylic acids is 1. The van der Waals surface area contributed by atoms with Crippen molar-refractivity contribution in [1.82, 2.24) is 15.4 Å². The molecule has 2 heterocycles. The molecule has 1 atom stereocenters. The summed E-state index contributed by atoms with van der Waals surface area (Å²) in [5.74, 6) is 0.443. The van der Waals surface area contributed by atoms with Crippen LogP contribution in [0.15, 0.2) is 53.1 Å². The van der Waals surface area contributed by atoms with E-state index in [1.165, 1.54) is 16.3 Å². The molecule has 1 saturated heterocycles. The van der Waals surface area contributed by atoms with Gasteiger partial charge in [-0.3, -0.25) is 9.69 Å². The Kier molecular flexibility index (Phi) is 5.72. The van der Waals surface area contributed by atoms with Crippen LogP contribution in [0.25, 0.3) is 10.8 Å². The van der Waals surface area contributed by atoms with E-state index in [4.69, 9.17) is 4.52 Å². The average molecular weight is 377 g/mol. The summed E-state index contributed by atoms with van der Waals surface area (Å²) in [6.07, 6.45) is 3.10. The first-order valence-corrected chi connectivity index (χ1v) is 10.2. The van der Waals surface area contributed by atoms with E-state index in [-0.39, 0.29) is 5.91 Å². The second-order valence-electron chi connectivity index (χ2n) is 7.58. The van der Waals surface area contributed by atoms with Crippen molar-refractivity contribution in [2.24, 2.45) is 0 Å². The maximum atomic E-state index is 12.1. The Morgan fingerprint density at radius 1 is 1.25 bits per heavy atom. The summed E-state index contributed by atoms with van der Waals surface area (Å²) in [6.45, 7) is 5.63. The number of piperidine rings is 1. The van der Waals surface area contributed by atoms with Crippen molar-refractivity contribution >= 4 is 16.7 Å². The lowest BCUT2D eigenvalue weighted by Crippen LogP contribution is -2.34. The minimum atomic E-state index is -0.177. The van der Waals surface area contributed by atoms with Gasteiger partial charge in [-0.2, -0.15) is 0 Å². The van der Waals surface area contributed by atoms with Crippen LogP contribution in [0.1, 0.15) is 53.9 Å². The summed E-state index contributed by atoms with van der Waals surface area (Å²) in [5.41, 5.74) is 2.25. The fourth-order valence-corrected chi connectivity index (χ4v) is 4.03. The van der Waals surface area contributed by atoms with Crippen LogP contribution >= 0.6 is 0 Å². The monoisotopic (exact) mass is 377 g/mol. The molecule has 5 nitrogen and oxygen atoms in total. The smallest absolute Gasteiger partial charge is 0.289 e. The average Bonchev–Trinajstić information content (AvgIpc) is 3.23. The van der Waals surface area contributed by atoms with Gasteiger partial charge in [-0.05, 0) is 42.1 Å². The molecule has 1 N–H and O–H groups in total. The summed E-state index contributed by atoms with van der Waals surface area (Å²) in [5, 5.41) is 9.65. The molecule has 0 aliphatic carbocycles. The van der Waals surface area contributed by atoms with Gasteiger partial charge in [0.2, 0.25) is 5.76 Å². The molecule has 2 aromatic carbocycles. The molecule has 0 spiro atoms. The third-order valence-corrected chi connectivity index (χ3v) is 5.49. The van der Waals surface area contributed by atoms with Crippen LogP contribution in [-0.2, 0) is 6.54 Å². The zero-order chi connectivity index (χ0) is 19.3. The lowest BCUT2D eigenvalue weighted by molar-refractivity contribution is 0.0916. The normalized spacial score (nSPS) is 17.7. The van der Waals surface area contributed by atoms with Crippen molar-refractivity contribution in [1.29, 1.82) is 0 Å². The molecule has 5 heteroatoms. The van der Waals surface area contributed by atoms with Gasteiger partial charge >= 0.3 is 0 Å². The van der Waals surface area contributed by atoms with E-state index in [0.29, 0.717) is 18.2 Å². The molecule has 0 bridgehead atoms. The highest BCUT2D eigenvalue weighted by atomic mass is 16.5. The van der Waals surface area contributed by atoms with Crippen LogP contribution in [0.3, 0.4) is 0 Å². The van der Waals surface area contributed by atoms with Crippen molar-refractivity contribution in [3.63, 3.8) is 0 Å². The van der Waals surface area contributed by atoms with Crippen LogP contribution in [-0.4, -0.2) is 35.6 Å². The van der Waals surface area contributed by atoms with Gasteiger partial charge in [0.1, 0.15) is 0 Å². The Morgan fingerprint density at radius 2 is 2.11 bits per heavy atom. The maximum Gasteiger partial charge on any atom is 0.289 e. The second-order valence-corrected chi connectivity index (χ2v) is 7.58. The summed E-state index contributed by atoms with van der Waals surface area (Å²) < 4.78 is 5.31. The second kappa shape index (κ2) is 8.57. The summed E-state index contributed by atoms with van der Waals surface area (Å²) in [7, 11) is 0. The molecular weight excluding hydrogens is 350 g/mol. The van der Waals surface area contributed by atoms with Crippen LogP contribution < -0.4 is 5.32 Å². The molecule has 4 rings (SSSR count). The first-order chi connectivity index (χ1) is 13.7. The molecule has 0 unspecified atom stereocenters. The first kappa shape index (κ1) is 18.7. The van der Waals surface area contributed by atoms with Gasteiger partial charge in [-0.25, -0.2) is 0 Å². The minimum absolute atomic E-state index is 0.177. The van der Waals surface area contributed by atoms with Crippen LogP contribution in [0.5, 0.6) is 0 Å². The molecule has 1 fully saturated rings. The van der Waals surface area contributed by atoms with Gasteiger partial charge in [0.25, 0.3) is 5.91 Å². The Bertz CT molecular complexity index is 944. The van der Waals surface area contributed by atoms with E-state index in [1.54, 1.807) is 0 Å². The Balaban J connectivity index is 1.45. The van der Waals surface area contributed by atoms with Crippen LogP contribution in [0, 0.1) is 0 Å². The van der Waals surface area contributed by atoms with Gasteiger partial charge in [-0.1, -0.05) is 54.5 Å². The predicted octanol–water partition coefficient (Wildman–Crippen LogP) is 4.35. The minimum Gasteiger partial charge on any atom is -0.351 e. The molecular formula is C23H27N3O2. The van der Waals surface area contributed by atoms with E-state index in [9.17, 15) is 4.79 Å². The number of nitrogens with zero attached hydrogens (tertiary/aromatic N) is 2. The predicted molar refractivity (Wildman–Crippen MR) is 110 cm³/mol. The number of amides is 1. The van der Waals surface area contributed by atoms with Crippen molar-refractivity contribution in [2.75, 3.05) is 19.6 Å². The van der Waals surface area contributed by atoms with Gasteiger partial charge in [0.05, 0.1) is 5.69 Å². The van der Waals surface area contributed by atoms with Crippen LogP contribution in [0.2, 0.25) is 0 Å². The molecule has 146 valence electrons. The maximum absolute atomic E-state index is 12.1. The van der Waals surface area contributed by atoms with Crippen molar-refractivity contribution in [2.45, 2.75) is 38.6 Å². The SMILES string of the molecule is CCCNC(=O)c1cc([C@@H]2CCCN(Cc3cccc4ccccc34)C2)no1. The number of likely N-dealkylation sites (tertiary alicyclic amines) is 1. The molecule has 1 aliphatic heterocycles. The number of fused-ring (bicyclic) bond motifs is 1. The summed E-state index contributed by atoms with van der Waals surface area (Å²) in [6, 6.07) is 16.9. The molecule has 0 radical (unpaired) electrons. The number of nitrogens with one attached hydrogen (secondary N) is 1. The quantitative estimate of drug-likeness (QED) is 0.694. The molecule has 3 aromatic rings. The molecule has 28 heavy (non-hydrogen) atoms. The molecule has 1 aromatic heterocycles. The number of carbonyl (C=O) groups is 1. The van der Waals surface area contributed by atoms with E-state index < -0.39 is 0 Å². The van der Waals surface area contributed by atoms with Gasteiger partial charge in [-0.15, -0.1) is 0 Å². The third-order valence-electron chi connectivity index (χ3n) is 5.49. The summed E-state index contributed by atoms with van der Waals surface area (Å²) in [4.78, 5) is 14.6. The third kappa shape index (κ3) is 4.09. The number of aromatic nitrogens is 1. The standard InChI is InChI=1S/C23H27N3O2/c1-2-12-24-23(27)22-14-21(25-28-22)19-10-6-13-26(16-19)15-18-9-5-8-17-7-3-4-11-20(17)18/h3-5,7-9,11,14,19H,2,6,10,12-13,15-16H2,1H3,(H,24,27)/t19-/m1/s1. The van der Waals surface area contributed by atoms with E-state index >= 15 is 0 Å². The van der Waals surface area contributed by atoms with Gasteiger partial charge in [0, 0.05) is 31.6 Å². The summed E-state index contributed by atoms with van der Waals surface area (Å²) >= 11 is 0. The largest absolute Gasteiger partial charge is 0.351 e. The van der Waals surface area contributed by atoms with E-state index in [2.05, 4.69) is 57.8 Å². The van der Waals surface area contributed by atoms with E-state index in [0.717, 1.165) is 44.6 Å². The molecule has 1 amide bonds. The Hall–Kier alpha value is -2.66. The highest BCUT2D eigenvalue weighted by Gasteiger charge is 2.25. The van der Waals surface area contributed by atoms with Gasteiger partial charge in [0.15, 0.2) is 0 Å². The number of benzene rings is 2. The van der Waals surface area contributed by atoms with Gasteiger partial charge < -0.3 is 9.84 Å². The highest BCUT2D eigenvalue weighted by Crippen LogP contribution is 2.29. The lowest BCUT2D eigenvalue weighted by Gasteiger charge is -2.32. The first-order valence-electron chi connectivity index (χ1n) is 10.2. The van der Waals surface area contributed by atoms with E-state index in [1.807, 2.05) is 13.0 Å². The Labute approximate surface area is 165 Å². The zero-order valence-corrected chi connectivity index (χ0v) is 16.4. The van der Waals surface area contributed by atoms with Crippen molar-refractivity contribution in [3.05, 3.63) is 65.5 Å². The van der Waals surface area contributed by atoms with Crippen molar-refractivity contribution in [3.8, 4) is 0 Å². The van der Waals surface area contributed by atoms with Crippen molar-refractivity contribution < 1.29 is 9.32 Å². The molecule has 1 aliphatic rings.